The molecule has 0 bridgehead atoms. The standard InChI is InChI=1S/C30H28N2O3/c1-32(2)27-18-16-24(17-19-27)23-10-14-26(15-11-23)30(35)31-28(20-29(33)34)25-12-8-22(9-13-25)21-6-4-3-5-7-21/h3-19,28H,20H2,1-2H3,(H,31,35)(H,33,34). The average molecular weight is 465 g/mol. The van der Waals surface area contributed by atoms with E-state index in [9.17, 15) is 14.7 Å². The predicted molar refractivity (Wildman–Crippen MR) is 141 cm³/mol. The van der Waals surface area contributed by atoms with Crippen LogP contribution >= 0.6 is 0 Å². The Balaban J connectivity index is 1.49. The van der Waals surface area contributed by atoms with Crippen molar-refractivity contribution in [1.82, 2.24) is 5.32 Å². The van der Waals surface area contributed by atoms with E-state index in [2.05, 4.69) is 17.4 Å². The van der Waals surface area contributed by atoms with Gasteiger partial charge in [-0.2, -0.15) is 0 Å². The molecular weight excluding hydrogens is 436 g/mol. The molecule has 35 heavy (non-hydrogen) atoms. The maximum Gasteiger partial charge on any atom is 0.305 e. The average Bonchev–Trinajstić information content (AvgIpc) is 2.89. The smallest absolute Gasteiger partial charge is 0.305 e. The molecule has 0 aromatic heterocycles. The van der Waals surface area contributed by atoms with Crippen LogP contribution < -0.4 is 10.2 Å². The van der Waals surface area contributed by atoms with Crippen molar-refractivity contribution in [3.05, 3.63) is 114 Å². The first-order valence-corrected chi connectivity index (χ1v) is 11.5. The summed E-state index contributed by atoms with van der Waals surface area (Å²) >= 11 is 0. The number of nitrogens with zero attached hydrogens (tertiary/aromatic N) is 1. The van der Waals surface area contributed by atoms with Gasteiger partial charge in [0, 0.05) is 25.3 Å². The summed E-state index contributed by atoms with van der Waals surface area (Å²) in [6, 6.07) is 32.5. The van der Waals surface area contributed by atoms with Gasteiger partial charge in [-0.25, -0.2) is 0 Å². The molecule has 4 rings (SSSR count). The lowest BCUT2D eigenvalue weighted by molar-refractivity contribution is -0.137. The van der Waals surface area contributed by atoms with E-state index in [1.54, 1.807) is 12.1 Å². The Kier molecular flexibility index (Phi) is 7.27. The van der Waals surface area contributed by atoms with Gasteiger partial charge >= 0.3 is 5.97 Å². The third-order valence-corrected chi connectivity index (χ3v) is 5.97. The topological polar surface area (TPSA) is 69.6 Å². The lowest BCUT2D eigenvalue weighted by Crippen LogP contribution is -2.30. The molecule has 5 heteroatoms. The summed E-state index contributed by atoms with van der Waals surface area (Å²) in [5.74, 6) is -1.28. The summed E-state index contributed by atoms with van der Waals surface area (Å²) in [6.45, 7) is 0. The molecule has 0 saturated heterocycles. The third-order valence-electron chi connectivity index (χ3n) is 5.97. The van der Waals surface area contributed by atoms with E-state index < -0.39 is 12.0 Å². The SMILES string of the molecule is CN(C)c1ccc(-c2ccc(C(=O)NC(CC(=O)O)c3ccc(-c4ccccc4)cc3)cc2)cc1. The number of rotatable bonds is 8. The van der Waals surface area contributed by atoms with E-state index in [1.807, 2.05) is 97.9 Å². The summed E-state index contributed by atoms with van der Waals surface area (Å²) in [4.78, 5) is 26.5. The van der Waals surface area contributed by atoms with Gasteiger partial charge in [-0.3, -0.25) is 9.59 Å². The van der Waals surface area contributed by atoms with Crippen molar-refractivity contribution in [2.45, 2.75) is 12.5 Å². The van der Waals surface area contributed by atoms with Gasteiger partial charge in [0.2, 0.25) is 0 Å². The fourth-order valence-corrected chi connectivity index (χ4v) is 3.97. The third kappa shape index (κ3) is 5.95. The lowest BCUT2D eigenvalue weighted by atomic mass is 9.98. The summed E-state index contributed by atoms with van der Waals surface area (Å²) in [7, 11) is 4.00. The number of hydrogen-bond donors (Lipinski definition) is 2. The molecule has 4 aromatic carbocycles. The maximum absolute atomic E-state index is 13.0. The zero-order valence-electron chi connectivity index (χ0n) is 19.8. The van der Waals surface area contributed by atoms with Crippen LogP contribution in [0.25, 0.3) is 22.3 Å². The highest BCUT2D eigenvalue weighted by Gasteiger charge is 2.19. The molecule has 1 amide bonds. The van der Waals surface area contributed by atoms with Gasteiger partial charge in [0.1, 0.15) is 0 Å². The highest BCUT2D eigenvalue weighted by atomic mass is 16.4. The second-order valence-corrected chi connectivity index (χ2v) is 8.63. The molecule has 1 atom stereocenters. The predicted octanol–water partition coefficient (Wildman–Crippen LogP) is 6.03. The number of carboxylic acids is 1. The van der Waals surface area contributed by atoms with Crippen LogP contribution in [0.3, 0.4) is 0 Å². The second-order valence-electron chi connectivity index (χ2n) is 8.63. The van der Waals surface area contributed by atoms with E-state index in [0.29, 0.717) is 5.56 Å². The van der Waals surface area contributed by atoms with Crippen LogP contribution in [0.1, 0.15) is 28.4 Å². The molecule has 0 heterocycles. The minimum atomic E-state index is -0.973. The molecule has 0 spiro atoms. The summed E-state index contributed by atoms with van der Waals surface area (Å²) in [5, 5.41) is 12.3. The van der Waals surface area contributed by atoms with Crippen LogP contribution in [0.15, 0.2) is 103 Å². The summed E-state index contributed by atoms with van der Waals surface area (Å²) < 4.78 is 0. The first kappa shape index (κ1) is 23.8. The second kappa shape index (κ2) is 10.7. The Hall–Kier alpha value is -4.38. The highest BCUT2D eigenvalue weighted by Crippen LogP contribution is 2.25. The van der Waals surface area contributed by atoms with Gasteiger partial charge in [-0.1, -0.05) is 78.9 Å². The van der Waals surface area contributed by atoms with Gasteiger partial charge in [-0.05, 0) is 52.1 Å². The van der Waals surface area contributed by atoms with Crippen molar-refractivity contribution in [1.29, 1.82) is 0 Å². The molecular formula is C30H28N2O3. The fraction of sp³-hybridized carbons (Fsp3) is 0.133. The largest absolute Gasteiger partial charge is 0.481 e. The fourth-order valence-electron chi connectivity index (χ4n) is 3.97. The zero-order valence-corrected chi connectivity index (χ0v) is 19.8. The molecule has 176 valence electrons. The van der Waals surface area contributed by atoms with E-state index in [1.165, 1.54) is 0 Å². The van der Waals surface area contributed by atoms with Crippen molar-refractivity contribution in [3.63, 3.8) is 0 Å². The van der Waals surface area contributed by atoms with Crippen molar-refractivity contribution < 1.29 is 14.7 Å². The van der Waals surface area contributed by atoms with Crippen molar-refractivity contribution in [3.8, 4) is 22.3 Å². The van der Waals surface area contributed by atoms with Crippen LogP contribution in [-0.2, 0) is 4.79 Å². The number of aliphatic carboxylic acids is 1. The summed E-state index contributed by atoms with van der Waals surface area (Å²) in [6.07, 6.45) is -0.202. The number of hydrogen-bond acceptors (Lipinski definition) is 3. The Morgan fingerprint density at radius 2 is 1.20 bits per heavy atom. The Morgan fingerprint density at radius 3 is 1.71 bits per heavy atom. The molecule has 0 fully saturated rings. The van der Waals surface area contributed by atoms with Crippen LogP contribution in [0, 0.1) is 0 Å². The van der Waals surface area contributed by atoms with Crippen LogP contribution in [-0.4, -0.2) is 31.1 Å². The normalized spacial score (nSPS) is 11.5. The molecule has 0 radical (unpaired) electrons. The Bertz CT molecular complexity index is 1280. The number of amides is 1. The number of carbonyl (C=O) groups excluding carboxylic acids is 1. The minimum Gasteiger partial charge on any atom is -0.481 e. The number of nitrogens with one attached hydrogen (secondary N) is 1. The number of carbonyl (C=O) groups is 2. The van der Waals surface area contributed by atoms with Crippen LogP contribution in [0.5, 0.6) is 0 Å². The zero-order chi connectivity index (χ0) is 24.8. The van der Waals surface area contributed by atoms with Gasteiger partial charge in [0.05, 0.1) is 12.5 Å². The Morgan fingerprint density at radius 1 is 0.714 bits per heavy atom. The maximum atomic E-state index is 13.0. The molecule has 0 aliphatic rings. The van der Waals surface area contributed by atoms with Gasteiger partial charge < -0.3 is 15.3 Å². The first-order valence-electron chi connectivity index (χ1n) is 11.5. The number of anilines is 1. The molecule has 0 aliphatic carbocycles. The lowest BCUT2D eigenvalue weighted by Gasteiger charge is -2.18. The van der Waals surface area contributed by atoms with E-state index in [-0.39, 0.29) is 12.3 Å². The van der Waals surface area contributed by atoms with Gasteiger partial charge in [0.15, 0.2) is 0 Å². The monoisotopic (exact) mass is 464 g/mol. The number of benzene rings is 4. The van der Waals surface area contributed by atoms with Gasteiger partial charge in [-0.15, -0.1) is 0 Å². The molecule has 0 saturated carbocycles. The van der Waals surface area contributed by atoms with E-state index in [0.717, 1.165) is 33.5 Å². The van der Waals surface area contributed by atoms with Gasteiger partial charge in [0.25, 0.3) is 5.91 Å². The molecule has 5 nitrogen and oxygen atoms in total. The summed E-state index contributed by atoms with van der Waals surface area (Å²) in [5.41, 5.74) is 6.52. The van der Waals surface area contributed by atoms with Crippen LogP contribution in [0.4, 0.5) is 5.69 Å². The number of carboxylic acid groups (broad SMARTS) is 1. The minimum absolute atomic E-state index is 0.202. The highest BCUT2D eigenvalue weighted by molar-refractivity contribution is 5.95. The van der Waals surface area contributed by atoms with Crippen molar-refractivity contribution >= 4 is 17.6 Å². The first-order chi connectivity index (χ1) is 16.9. The molecule has 0 aliphatic heterocycles. The van der Waals surface area contributed by atoms with Crippen LogP contribution in [0.2, 0.25) is 0 Å². The van der Waals surface area contributed by atoms with Crippen molar-refractivity contribution in [2.75, 3.05) is 19.0 Å². The van der Waals surface area contributed by atoms with E-state index >= 15 is 0 Å². The molecule has 1 unspecified atom stereocenters. The van der Waals surface area contributed by atoms with Crippen molar-refractivity contribution in [2.24, 2.45) is 0 Å². The van der Waals surface area contributed by atoms with E-state index in [4.69, 9.17) is 0 Å². The quantitative estimate of drug-likeness (QED) is 0.334. The Labute approximate surface area is 205 Å². The molecule has 2 N–H and O–H groups in total. The molecule has 4 aromatic rings.